The Morgan fingerprint density at radius 2 is 1.88 bits per heavy atom. The second-order valence-electron chi connectivity index (χ2n) is 7.93. The summed E-state index contributed by atoms with van der Waals surface area (Å²) >= 11 is 5.79. The average molecular weight is 459 g/mol. The number of rotatable bonds is 5. The van der Waals surface area contributed by atoms with Gasteiger partial charge < -0.3 is 19.5 Å². The Labute approximate surface area is 197 Å². The maximum absolute atomic E-state index is 14.1. The minimum absolute atomic E-state index is 0.191. The van der Waals surface area contributed by atoms with E-state index in [9.17, 15) is 4.39 Å². The molecule has 0 amide bonds. The van der Waals surface area contributed by atoms with E-state index >= 15 is 0 Å². The summed E-state index contributed by atoms with van der Waals surface area (Å²) in [5.74, 6) is 0.536. The molecule has 3 heterocycles. The molecule has 1 aliphatic heterocycles. The van der Waals surface area contributed by atoms with E-state index in [1.807, 2.05) is 65.7 Å². The molecule has 4 aromatic rings. The lowest BCUT2D eigenvalue weighted by Gasteiger charge is -2.29. The van der Waals surface area contributed by atoms with Gasteiger partial charge >= 0.3 is 0 Å². The third kappa shape index (κ3) is 3.85. The van der Waals surface area contributed by atoms with Gasteiger partial charge in [0.25, 0.3) is 0 Å². The molecule has 0 saturated carbocycles. The number of nitrogens with one attached hydrogen (secondary N) is 1. The van der Waals surface area contributed by atoms with Crippen LogP contribution < -0.4 is 15.0 Å². The Morgan fingerprint density at radius 3 is 2.64 bits per heavy atom. The first-order valence-corrected chi connectivity index (χ1v) is 11.1. The van der Waals surface area contributed by atoms with Crippen molar-refractivity contribution in [3.05, 3.63) is 108 Å². The number of pyridine rings is 1. The van der Waals surface area contributed by atoms with Crippen molar-refractivity contribution in [2.45, 2.75) is 19.0 Å². The number of halogens is 1. The van der Waals surface area contributed by atoms with Crippen molar-refractivity contribution in [2.75, 3.05) is 12.0 Å². The van der Waals surface area contributed by atoms with Crippen LogP contribution in [0, 0.1) is 12.7 Å². The van der Waals surface area contributed by atoms with Crippen LogP contribution in [0.3, 0.4) is 0 Å². The third-order valence-electron chi connectivity index (χ3n) is 5.93. The quantitative estimate of drug-likeness (QED) is 0.400. The van der Waals surface area contributed by atoms with Crippen LogP contribution in [-0.2, 0) is 0 Å². The van der Waals surface area contributed by atoms with E-state index in [0.717, 1.165) is 28.5 Å². The number of thiocarbonyl (C=S) groups is 1. The minimum Gasteiger partial charge on any atom is -0.497 e. The molecule has 2 atom stereocenters. The maximum atomic E-state index is 14.1. The molecule has 0 spiro atoms. The van der Waals surface area contributed by atoms with Gasteiger partial charge in [-0.3, -0.25) is 4.98 Å². The zero-order chi connectivity index (χ0) is 22.9. The standard InChI is InChI=1S/C26H23FN4OS/c1-17-15-19(11-12-21(17)27)31-25(24(29-26(31)33)22-9-3-4-13-28-22)23-10-6-14-30(23)18-7-5-8-20(16-18)32-2/h3-16,24-25H,1-2H3,(H,29,33)/t24-,25-/m1/s1. The number of anilines is 1. The summed E-state index contributed by atoms with van der Waals surface area (Å²) in [5, 5.41) is 4.03. The highest BCUT2D eigenvalue weighted by Crippen LogP contribution is 2.42. The SMILES string of the molecule is COc1cccc(-n2cccc2[C@@H]2[C@@H](c3ccccn3)NC(=S)N2c2ccc(F)c(C)c2)c1. The number of aromatic nitrogens is 2. The molecule has 5 rings (SSSR count). The van der Waals surface area contributed by atoms with Crippen LogP contribution in [-0.4, -0.2) is 21.8 Å². The van der Waals surface area contributed by atoms with Crippen LogP contribution in [0.25, 0.3) is 5.69 Å². The molecule has 0 unspecified atom stereocenters. The monoisotopic (exact) mass is 458 g/mol. The van der Waals surface area contributed by atoms with Gasteiger partial charge in [-0.05, 0) is 79.3 Å². The summed E-state index contributed by atoms with van der Waals surface area (Å²) in [6, 6.07) is 22.5. The van der Waals surface area contributed by atoms with E-state index < -0.39 is 0 Å². The molecular formula is C26H23FN4OS. The Kier molecular flexibility index (Phi) is 5.56. The third-order valence-corrected chi connectivity index (χ3v) is 6.25. The number of benzene rings is 2. The molecule has 1 saturated heterocycles. The first-order valence-electron chi connectivity index (χ1n) is 10.7. The van der Waals surface area contributed by atoms with Crippen LogP contribution in [0.2, 0.25) is 0 Å². The number of nitrogens with zero attached hydrogens (tertiary/aromatic N) is 3. The topological polar surface area (TPSA) is 42.3 Å². The van der Waals surface area contributed by atoms with Gasteiger partial charge in [-0.25, -0.2) is 4.39 Å². The molecule has 0 radical (unpaired) electrons. The summed E-state index contributed by atoms with van der Waals surface area (Å²) in [6.07, 6.45) is 3.80. The Bertz CT molecular complexity index is 1310. The molecule has 5 nitrogen and oxygen atoms in total. The second kappa shape index (κ2) is 8.67. The van der Waals surface area contributed by atoms with Crippen LogP contribution in [0.15, 0.2) is 85.2 Å². The largest absolute Gasteiger partial charge is 0.497 e. The van der Waals surface area contributed by atoms with Gasteiger partial charge in [0.1, 0.15) is 17.6 Å². The molecule has 1 fully saturated rings. The number of aryl methyl sites for hydroxylation is 1. The zero-order valence-corrected chi connectivity index (χ0v) is 19.1. The summed E-state index contributed by atoms with van der Waals surface area (Å²) in [7, 11) is 1.66. The van der Waals surface area contributed by atoms with Gasteiger partial charge in [0, 0.05) is 35.5 Å². The Morgan fingerprint density at radius 1 is 1.00 bits per heavy atom. The van der Waals surface area contributed by atoms with Crippen molar-refractivity contribution >= 4 is 23.0 Å². The molecule has 7 heteroatoms. The first kappa shape index (κ1) is 21.2. The maximum Gasteiger partial charge on any atom is 0.174 e. The number of hydrogen-bond acceptors (Lipinski definition) is 3. The predicted octanol–water partition coefficient (Wildman–Crippen LogP) is 5.51. The Hall–Kier alpha value is -3.71. The highest BCUT2D eigenvalue weighted by Gasteiger charge is 2.42. The summed E-state index contributed by atoms with van der Waals surface area (Å²) in [5.41, 5.74) is 4.27. The van der Waals surface area contributed by atoms with E-state index in [-0.39, 0.29) is 17.9 Å². The number of ether oxygens (including phenoxy) is 1. The molecule has 1 aliphatic rings. The fourth-order valence-electron chi connectivity index (χ4n) is 4.34. The fourth-order valence-corrected chi connectivity index (χ4v) is 4.69. The van der Waals surface area contributed by atoms with E-state index in [2.05, 4.69) is 20.9 Å². The van der Waals surface area contributed by atoms with E-state index in [1.165, 1.54) is 6.07 Å². The summed E-state index contributed by atoms with van der Waals surface area (Å²) in [6.45, 7) is 1.76. The number of hydrogen-bond donors (Lipinski definition) is 1. The predicted molar refractivity (Wildman–Crippen MR) is 131 cm³/mol. The molecule has 1 N–H and O–H groups in total. The molecule has 0 aliphatic carbocycles. The van der Waals surface area contributed by atoms with Crippen molar-refractivity contribution in [1.29, 1.82) is 0 Å². The van der Waals surface area contributed by atoms with Crippen LogP contribution >= 0.6 is 12.2 Å². The van der Waals surface area contributed by atoms with Gasteiger partial charge in [0.15, 0.2) is 5.11 Å². The first-order chi connectivity index (χ1) is 16.1. The van der Waals surface area contributed by atoms with Crippen molar-refractivity contribution in [3.63, 3.8) is 0 Å². The smallest absolute Gasteiger partial charge is 0.174 e. The van der Waals surface area contributed by atoms with Gasteiger partial charge in [-0.15, -0.1) is 0 Å². The molecule has 166 valence electrons. The summed E-state index contributed by atoms with van der Waals surface area (Å²) in [4.78, 5) is 6.66. The van der Waals surface area contributed by atoms with Crippen molar-refractivity contribution in [2.24, 2.45) is 0 Å². The van der Waals surface area contributed by atoms with Crippen LogP contribution in [0.4, 0.5) is 10.1 Å². The average Bonchev–Trinajstić information content (AvgIpc) is 3.46. The van der Waals surface area contributed by atoms with Gasteiger partial charge in [-0.1, -0.05) is 12.1 Å². The van der Waals surface area contributed by atoms with Crippen LogP contribution in [0.1, 0.15) is 29.0 Å². The summed E-state index contributed by atoms with van der Waals surface area (Å²) < 4.78 is 21.6. The lowest BCUT2D eigenvalue weighted by atomic mass is 10.0. The molecule has 2 aromatic carbocycles. The lowest BCUT2D eigenvalue weighted by Crippen LogP contribution is -2.30. The zero-order valence-electron chi connectivity index (χ0n) is 18.3. The highest BCUT2D eigenvalue weighted by atomic mass is 32.1. The highest BCUT2D eigenvalue weighted by molar-refractivity contribution is 7.80. The molecule has 33 heavy (non-hydrogen) atoms. The molecule has 2 aromatic heterocycles. The van der Waals surface area contributed by atoms with E-state index in [4.69, 9.17) is 17.0 Å². The normalized spacial score (nSPS) is 17.8. The van der Waals surface area contributed by atoms with Crippen molar-refractivity contribution < 1.29 is 9.13 Å². The second-order valence-corrected chi connectivity index (χ2v) is 8.32. The van der Waals surface area contributed by atoms with Crippen LogP contribution in [0.5, 0.6) is 5.75 Å². The van der Waals surface area contributed by atoms with Gasteiger partial charge in [-0.2, -0.15) is 0 Å². The fraction of sp³-hybridized carbons (Fsp3) is 0.154. The van der Waals surface area contributed by atoms with Gasteiger partial charge in [0.2, 0.25) is 0 Å². The van der Waals surface area contributed by atoms with Crippen molar-refractivity contribution in [3.8, 4) is 11.4 Å². The lowest BCUT2D eigenvalue weighted by molar-refractivity contribution is 0.414. The Balaban J connectivity index is 1.67. The van der Waals surface area contributed by atoms with E-state index in [1.54, 1.807) is 26.3 Å². The number of methoxy groups -OCH3 is 1. The molecule has 0 bridgehead atoms. The van der Waals surface area contributed by atoms with E-state index in [0.29, 0.717) is 10.7 Å². The molecular weight excluding hydrogens is 435 g/mol. The van der Waals surface area contributed by atoms with Gasteiger partial charge in [0.05, 0.1) is 18.8 Å². The minimum atomic E-state index is -0.241. The van der Waals surface area contributed by atoms with Crippen molar-refractivity contribution in [1.82, 2.24) is 14.9 Å².